The molecule has 2 aromatic rings. The smallest absolute Gasteiger partial charge is 0.316 e. The third-order valence-corrected chi connectivity index (χ3v) is 4.11. The first kappa shape index (κ1) is 19.0. The van der Waals surface area contributed by atoms with Gasteiger partial charge in [0.25, 0.3) is 0 Å². The first-order valence-electron chi connectivity index (χ1n) is 8.72. The van der Waals surface area contributed by atoms with Gasteiger partial charge in [0.15, 0.2) is 0 Å². The highest BCUT2D eigenvalue weighted by Crippen LogP contribution is 2.28. The zero-order valence-corrected chi connectivity index (χ0v) is 16.1. The van der Waals surface area contributed by atoms with Crippen molar-refractivity contribution < 1.29 is 14.3 Å². The first-order chi connectivity index (χ1) is 11.6. The fraction of sp³-hybridized carbons (Fsp3) is 0.409. The minimum atomic E-state index is -0.471. The summed E-state index contributed by atoms with van der Waals surface area (Å²) < 4.78 is 11.3. The molecule has 0 unspecified atom stereocenters. The molecule has 3 heteroatoms. The number of carbonyl (C=O) groups is 1. The second kappa shape index (κ2) is 7.30. The zero-order valence-electron chi connectivity index (χ0n) is 16.1. The minimum Gasteiger partial charge on any atom is -0.488 e. The first-order valence-corrected chi connectivity index (χ1v) is 8.72. The van der Waals surface area contributed by atoms with Crippen LogP contribution in [0, 0.1) is 5.41 Å². The molecule has 0 heterocycles. The standard InChI is InChI=1S/C22H28O3/c1-7-22(5,6)20(23)24-18-12-8-16(9-13-18)17-10-14-19(15-11-17)25-21(2,3)4/h8-15H,7H2,1-6H3. The highest BCUT2D eigenvalue weighted by molar-refractivity contribution is 5.78. The van der Waals surface area contributed by atoms with Crippen LogP contribution >= 0.6 is 0 Å². The maximum absolute atomic E-state index is 12.1. The maximum atomic E-state index is 12.1. The number of ether oxygens (including phenoxy) is 2. The molecular weight excluding hydrogens is 312 g/mol. The second-order valence-corrected chi connectivity index (χ2v) is 7.89. The lowest BCUT2D eigenvalue weighted by molar-refractivity contribution is -0.144. The van der Waals surface area contributed by atoms with Gasteiger partial charge >= 0.3 is 5.97 Å². The van der Waals surface area contributed by atoms with E-state index in [2.05, 4.69) is 0 Å². The molecule has 0 amide bonds. The highest BCUT2D eigenvalue weighted by Gasteiger charge is 2.27. The van der Waals surface area contributed by atoms with E-state index in [0.29, 0.717) is 5.75 Å². The van der Waals surface area contributed by atoms with Gasteiger partial charge in [0.2, 0.25) is 0 Å². The molecule has 0 spiro atoms. The maximum Gasteiger partial charge on any atom is 0.316 e. The predicted octanol–water partition coefficient (Wildman–Crippen LogP) is 5.87. The van der Waals surface area contributed by atoms with Crippen LogP contribution in [0.2, 0.25) is 0 Å². The summed E-state index contributed by atoms with van der Waals surface area (Å²) in [6, 6.07) is 15.6. The Morgan fingerprint density at radius 2 is 1.24 bits per heavy atom. The summed E-state index contributed by atoms with van der Waals surface area (Å²) in [5, 5.41) is 0. The van der Waals surface area contributed by atoms with Gasteiger partial charge in [0.1, 0.15) is 17.1 Å². The van der Waals surface area contributed by atoms with Gasteiger partial charge in [-0.2, -0.15) is 0 Å². The minimum absolute atomic E-state index is 0.202. The summed E-state index contributed by atoms with van der Waals surface area (Å²) >= 11 is 0. The van der Waals surface area contributed by atoms with Crippen LogP contribution < -0.4 is 9.47 Å². The van der Waals surface area contributed by atoms with Crippen molar-refractivity contribution in [2.45, 2.75) is 53.6 Å². The fourth-order valence-electron chi connectivity index (χ4n) is 2.17. The van der Waals surface area contributed by atoms with Crippen molar-refractivity contribution in [2.24, 2.45) is 5.41 Å². The van der Waals surface area contributed by atoms with Crippen molar-refractivity contribution in [2.75, 3.05) is 0 Å². The molecule has 0 aliphatic heterocycles. The third kappa shape index (κ3) is 5.35. The van der Waals surface area contributed by atoms with Crippen molar-refractivity contribution in [1.82, 2.24) is 0 Å². The van der Waals surface area contributed by atoms with Gasteiger partial charge in [-0.3, -0.25) is 4.79 Å². The predicted molar refractivity (Wildman–Crippen MR) is 102 cm³/mol. The van der Waals surface area contributed by atoms with Crippen molar-refractivity contribution in [1.29, 1.82) is 0 Å². The molecule has 2 aromatic carbocycles. The van der Waals surface area contributed by atoms with E-state index in [1.54, 1.807) is 0 Å². The Hall–Kier alpha value is -2.29. The Morgan fingerprint density at radius 1 is 0.800 bits per heavy atom. The van der Waals surface area contributed by atoms with Gasteiger partial charge in [0.05, 0.1) is 5.41 Å². The molecule has 134 valence electrons. The lowest BCUT2D eigenvalue weighted by Crippen LogP contribution is -2.28. The summed E-state index contributed by atoms with van der Waals surface area (Å²) in [5.74, 6) is 1.22. The van der Waals surface area contributed by atoms with Crippen LogP contribution in [0.1, 0.15) is 48.0 Å². The molecule has 0 aliphatic rings. The number of rotatable bonds is 5. The average molecular weight is 340 g/mol. The largest absolute Gasteiger partial charge is 0.488 e. The van der Waals surface area contributed by atoms with E-state index in [4.69, 9.17) is 9.47 Å². The topological polar surface area (TPSA) is 35.5 Å². The van der Waals surface area contributed by atoms with Gasteiger partial charge in [-0.25, -0.2) is 0 Å². The molecule has 0 N–H and O–H groups in total. The fourth-order valence-corrected chi connectivity index (χ4v) is 2.17. The molecule has 0 saturated carbocycles. The van der Waals surface area contributed by atoms with Crippen LogP contribution in [0.25, 0.3) is 11.1 Å². The van der Waals surface area contributed by atoms with Crippen LogP contribution in [0.5, 0.6) is 11.5 Å². The summed E-state index contributed by atoms with van der Waals surface area (Å²) in [6.45, 7) is 11.9. The Bertz CT molecular complexity index is 704. The van der Waals surface area contributed by atoms with Gasteiger partial charge < -0.3 is 9.47 Å². The average Bonchev–Trinajstić information content (AvgIpc) is 2.55. The van der Waals surface area contributed by atoms with Gasteiger partial charge in [-0.1, -0.05) is 31.2 Å². The number of hydrogen-bond acceptors (Lipinski definition) is 3. The molecule has 0 aliphatic carbocycles. The van der Waals surface area contributed by atoms with Crippen LogP contribution in [0.3, 0.4) is 0 Å². The second-order valence-electron chi connectivity index (χ2n) is 7.89. The molecule has 0 bridgehead atoms. The van der Waals surface area contributed by atoms with Crippen LogP contribution in [-0.4, -0.2) is 11.6 Å². The van der Waals surface area contributed by atoms with Crippen LogP contribution in [0.15, 0.2) is 48.5 Å². The van der Waals surface area contributed by atoms with E-state index in [0.717, 1.165) is 23.3 Å². The highest BCUT2D eigenvalue weighted by atomic mass is 16.5. The van der Waals surface area contributed by atoms with E-state index in [1.807, 2.05) is 90.1 Å². The summed E-state index contributed by atoms with van der Waals surface area (Å²) in [6.07, 6.45) is 0.743. The van der Waals surface area contributed by atoms with E-state index >= 15 is 0 Å². The number of esters is 1. The third-order valence-electron chi connectivity index (χ3n) is 4.11. The Morgan fingerprint density at radius 3 is 1.64 bits per heavy atom. The summed E-state index contributed by atoms with van der Waals surface area (Å²) in [7, 11) is 0. The number of benzene rings is 2. The van der Waals surface area contributed by atoms with Crippen molar-refractivity contribution in [3.63, 3.8) is 0 Å². The molecule has 0 aromatic heterocycles. The van der Waals surface area contributed by atoms with Crippen molar-refractivity contribution in [3.8, 4) is 22.6 Å². The normalized spacial score (nSPS) is 11.9. The molecule has 2 rings (SSSR count). The lowest BCUT2D eigenvalue weighted by Gasteiger charge is -2.21. The lowest BCUT2D eigenvalue weighted by atomic mass is 9.91. The zero-order chi connectivity index (χ0) is 18.7. The van der Waals surface area contributed by atoms with E-state index < -0.39 is 5.41 Å². The van der Waals surface area contributed by atoms with E-state index in [-0.39, 0.29) is 11.6 Å². The monoisotopic (exact) mass is 340 g/mol. The molecule has 0 fully saturated rings. The SMILES string of the molecule is CCC(C)(C)C(=O)Oc1ccc(-c2ccc(OC(C)(C)C)cc2)cc1. The Kier molecular flexibility index (Phi) is 5.56. The van der Waals surface area contributed by atoms with Crippen LogP contribution in [-0.2, 0) is 4.79 Å². The van der Waals surface area contributed by atoms with Gasteiger partial charge in [-0.15, -0.1) is 0 Å². The quantitative estimate of drug-likeness (QED) is 0.504. The Balaban J connectivity index is 2.08. The number of carbonyl (C=O) groups excluding carboxylic acids is 1. The van der Waals surface area contributed by atoms with Gasteiger partial charge in [-0.05, 0) is 76.4 Å². The van der Waals surface area contributed by atoms with Crippen molar-refractivity contribution in [3.05, 3.63) is 48.5 Å². The van der Waals surface area contributed by atoms with Gasteiger partial charge in [0, 0.05) is 0 Å². The molecule has 0 radical (unpaired) electrons. The summed E-state index contributed by atoms with van der Waals surface area (Å²) in [4.78, 5) is 12.1. The molecular formula is C22H28O3. The van der Waals surface area contributed by atoms with E-state index in [9.17, 15) is 4.79 Å². The Labute approximate surface area is 151 Å². The molecule has 3 nitrogen and oxygen atoms in total. The van der Waals surface area contributed by atoms with E-state index in [1.165, 1.54) is 0 Å². The van der Waals surface area contributed by atoms with Crippen LogP contribution in [0.4, 0.5) is 0 Å². The summed E-state index contributed by atoms with van der Waals surface area (Å²) in [5.41, 5.74) is 1.48. The molecule has 0 atom stereocenters. The molecule has 25 heavy (non-hydrogen) atoms. The van der Waals surface area contributed by atoms with Crippen molar-refractivity contribution >= 4 is 5.97 Å². The number of hydrogen-bond donors (Lipinski definition) is 0. The molecule has 0 saturated heterocycles.